The van der Waals surface area contributed by atoms with Crippen LogP contribution >= 0.6 is 0 Å². The number of rotatable bonds is 15. The highest BCUT2D eigenvalue weighted by atomic mass is 16.6. The van der Waals surface area contributed by atoms with Crippen LogP contribution in [0.25, 0.3) is 6.08 Å². The highest BCUT2D eigenvalue weighted by Gasteiger charge is 2.22. The van der Waals surface area contributed by atoms with Crippen molar-refractivity contribution >= 4 is 6.08 Å². The van der Waals surface area contributed by atoms with Crippen LogP contribution in [0, 0.1) is 0 Å². The molecule has 0 aromatic heterocycles. The van der Waals surface area contributed by atoms with Gasteiger partial charge in [-0.15, -0.1) is 0 Å². The Labute approximate surface area is 160 Å². The first-order chi connectivity index (χ1) is 12.9. The molecule has 0 radical (unpaired) electrons. The minimum atomic E-state index is 0.311. The summed E-state index contributed by atoms with van der Waals surface area (Å²) in [5.74, 6) is 0.915. The molecule has 144 valence electrons. The van der Waals surface area contributed by atoms with E-state index in [1.165, 1.54) is 69.8 Å². The van der Waals surface area contributed by atoms with Crippen molar-refractivity contribution in [3.8, 4) is 5.75 Å². The molecule has 1 aliphatic heterocycles. The van der Waals surface area contributed by atoms with Gasteiger partial charge in [-0.1, -0.05) is 94.7 Å². The Balaban J connectivity index is 1.46. The number of hydrogen-bond acceptors (Lipinski definition) is 2. The van der Waals surface area contributed by atoms with Crippen LogP contribution < -0.4 is 4.74 Å². The third-order valence-electron chi connectivity index (χ3n) is 4.73. The molecule has 0 bridgehead atoms. The van der Waals surface area contributed by atoms with E-state index >= 15 is 0 Å². The Kier molecular flexibility index (Phi) is 10.9. The number of benzene rings is 1. The molecule has 0 saturated carbocycles. The second kappa shape index (κ2) is 13.6. The van der Waals surface area contributed by atoms with E-state index in [1.54, 1.807) is 0 Å². The number of unbranched alkanes of at least 4 members (excludes halogenated alkanes) is 9. The zero-order chi connectivity index (χ0) is 18.3. The molecule has 0 N–H and O–H groups in total. The predicted molar refractivity (Wildman–Crippen MR) is 112 cm³/mol. The van der Waals surface area contributed by atoms with Gasteiger partial charge in [0.15, 0.2) is 0 Å². The summed E-state index contributed by atoms with van der Waals surface area (Å²) in [7, 11) is 0. The van der Waals surface area contributed by atoms with Crippen molar-refractivity contribution in [2.24, 2.45) is 0 Å². The van der Waals surface area contributed by atoms with Crippen LogP contribution in [0.4, 0.5) is 0 Å². The molecule has 1 unspecified atom stereocenters. The topological polar surface area (TPSA) is 21.8 Å². The van der Waals surface area contributed by atoms with Crippen molar-refractivity contribution in [3.63, 3.8) is 0 Å². The smallest absolute Gasteiger partial charge is 0.119 e. The van der Waals surface area contributed by atoms with Crippen LogP contribution in [0.1, 0.15) is 76.7 Å². The van der Waals surface area contributed by atoms with Gasteiger partial charge in [0, 0.05) is 0 Å². The Hall–Kier alpha value is -1.54. The molecule has 1 atom stereocenters. The molecule has 1 saturated heterocycles. The SMILES string of the molecule is CCCCCCCCCCC/C=C/C=C/c1ccc(OCC2CO2)cc1. The lowest BCUT2D eigenvalue weighted by atomic mass is 10.1. The molecule has 1 aromatic rings. The fraction of sp³-hybridized carbons (Fsp3) is 0.583. The monoisotopic (exact) mass is 356 g/mol. The highest BCUT2D eigenvalue weighted by molar-refractivity contribution is 5.52. The molecule has 1 aliphatic rings. The van der Waals surface area contributed by atoms with Crippen molar-refractivity contribution in [3.05, 3.63) is 48.1 Å². The lowest BCUT2D eigenvalue weighted by Gasteiger charge is -2.03. The maximum Gasteiger partial charge on any atom is 0.119 e. The van der Waals surface area contributed by atoms with Crippen molar-refractivity contribution in [1.29, 1.82) is 0 Å². The molecule has 0 spiro atoms. The van der Waals surface area contributed by atoms with Gasteiger partial charge in [0.05, 0.1) is 6.61 Å². The van der Waals surface area contributed by atoms with Gasteiger partial charge >= 0.3 is 0 Å². The predicted octanol–water partition coefficient (Wildman–Crippen LogP) is 6.95. The van der Waals surface area contributed by atoms with Crippen LogP contribution in [0.3, 0.4) is 0 Å². The molecule has 1 heterocycles. The van der Waals surface area contributed by atoms with Gasteiger partial charge in [0.2, 0.25) is 0 Å². The van der Waals surface area contributed by atoms with Gasteiger partial charge in [-0.2, -0.15) is 0 Å². The fourth-order valence-electron chi connectivity index (χ4n) is 2.94. The normalized spacial score (nSPS) is 16.6. The van der Waals surface area contributed by atoms with Crippen molar-refractivity contribution in [2.75, 3.05) is 13.2 Å². The van der Waals surface area contributed by atoms with Gasteiger partial charge in [0.25, 0.3) is 0 Å². The Morgan fingerprint density at radius 2 is 1.58 bits per heavy atom. The molecule has 2 heteroatoms. The minimum absolute atomic E-state index is 0.311. The van der Waals surface area contributed by atoms with Crippen LogP contribution in [-0.4, -0.2) is 19.3 Å². The maximum atomic E-state index is 5.64. The zero-order valence-electron chi connectivity index (χ0n) is 16.5. The Bertz CT molecular complexity index is 512. The molecule has 2 nitrogen and oxygen atoms in total. The van der Waals surface area contributed by atoms with Crippen molar-refractivity contribution in [2.45, 2.75) is 77.2 Å². The van der Waals surface area contributed by atoms with Crippen LogP contribution in [-0.2, 0) is 4.74 Å². The van der Waals surface area contributed by atoms with Gasteiger partial charge in [-0.05, 0) is 30.5 Å². The summed E-state index contributed by atoms with van der Waals surface area (Å²) in [4.78, 5) is 0. The first kappa shape index (κ1) is 20.8. The molecule has 2 rings (SSSR count). The molecule has 0 aliphatic carbocycles. The highest BCUT2D eigenvalue weighted by Crippen LogP contribution is 2.16. The van der Waals surface area contributed by atoms with Crippen molar-refractivity contribution < 1.29 is 9.47 Å². The minimum Gasteiger partial charge on any atom is -0.491 e. The molecule has 26 heavy (non-hydrogen) atoms. The average molecular weight is 357 g/mol. The molecular formula is C24H36O2. The Morgan fingerprint density at radius 1 is 0.923 bits per heavy atom. The molecular weight excluding hydrogens is 320 g/mol. The molecule has 1 aromatic carbocycles. The second-order valence-electron chi connectivity index (χ2n) is 7.24. The van der Waals surface area contributed by atoms with E-state index < -0.39 is 0 Å². The summed E-state index contributed by atoms with van der Waals surface area (Å²) in [5.41, 5.74) is 1.20. The Morgan fingerprint density at radius 3 is 2.23 bits per heavy atom. The summed E-state index contributed by atoms with van der Waals surface area (Å²) in [6.07, 6.45) is 22.8. The van der Waals surface area contributed by atoms with Crippen LogP contribution in [0.2, 0.25) is 0 Å². The standard InChI is InChI=1S/C24H36O2/c1-2-3-4-5-6-7-8-9-10-11-12-13-14-15-22-16-18-23(19-17-22)25-20-24-21-26-24/h12-19,24H,2-11,20-21H2,1H3/b13-12+,15-14+. The van der Waals surface area contributed by atoms with E-state index in [-0.39, 0.29) is 0 Å². The first-order valence-corrected chi connectivity index (χ1v) is 10.6. The second-order valence-corrected chi connectivity index (χ2v) is 7.24. The zero-order valence-corrected chi connectivity index (χ0v) is 16.5. The van der Waals surface area contributed by atoms with Crippen LogP contribution in [0.5, 0.6) is 5.75 Å². The summed E-state index contributed by atoms with van der Waals surface area (Å²) >= 11 is 0. The fourth-order valence-corrected chi connectivity index (χ4v) is 2.94. The van der Waals surface area contributed by atoms with E-state index in [0.717, 1.165) is 12.4 Å². The summed E-state index contributed by atoms with van der Waals surface area (Å²) in [5, 5.41) is 0. The van der Waals surface area contributed by atoms with Crippen molar-refractivity contribution in [1.82, 2.24) is 0 Å². The lowest BCUT2D eigenvalue weighted by Crippen LogP contribution is -2.03. The third-order valence-corrected chi connectivity index (χ3v) is 4.73. The number of hydrogen-bond donors (Lipinski definition) is 0. The first-order valence-electron chi connectivity index (χ1n) is 10.6. The maximum absolute atomic E-state index is 5.64. The van der Waals surface area contributed by atoms with Gasteiger partial charge in [-0.3, -0.25) is 0 Å². The number of ether oxygens (including phenoxy) is 2. The quantitative estimate of drug-likeness (QED) is 0.192. The largest absolute Gasteiger partial charge is 0.491 e. The third kappa shape index (κ3) is 10.5. The average Bonchev–Trinajstić information content (AvgIpc) is 3.49. The van der Waals surface area contributed by atoms with Gasteiger partial charge in [-0.25, -0.2) is 0 Å². The van der Waals surface area contributed by atoms with E-state index in [1.807, 2.05) is 12.1 Å². The lowest BCUT2D eigenvalue weighted by molar-refractivity contribution is 0.263. The summed E-state index contributed by atoms with van der Waals surface area (Å²) in [6, 6.07) is 8.23. The van der Waals surface area contributed by atoms with E-state index in [0.29, 0.717) is 12.7 Å². The molecule has 1 fully saturated rings. The number of epoxide rings is 1. The van der Waals surface area contributed by atoms with E-state index in [4.69, 9.17) is 9.47 Å². The van der Waals surface area contributed by atoms with E-state index in [9.17, 15) is 0 Å². The van der Waals surface area contributed by atoms with Gasteiger partial charge in [0.1, 0.15) is 18.5 Å². The van der Waals surface area contributed by atoms with E-state index in [2.05, 4.69) is 43.4 Å². The van der Waals surface area contributed by atoms with Gasteiger partial charge < -0.3 is 9.47 Å². The number of allylic oxidation sites excluding steroid dienone is 3. The summed E-state index contributed by atoms with van der Waals surface area (Å²) in [6.45, 7) is 3.78. The molecule has 0 amide bonds. The van der Waals surface area contributed by atoms with Crippen LogP contribution in [0.15, 0.2) is 42.5 Å². The summed E-state index contributed by atoms with van der Waals surface area (Å²) < 4.78 is 10.8.